The predicted octanol–water partition coefficient (Wildman–Crippen LogP) is 0.164. The summed E-state index contributed by atoms with van der Waals surface area (Å²) in [6.45, 7) is 4.11. The van der Waals surface area contributed by atoms with E-state index in [0.717, 1.165) is 5.56 Å². The average molecular weight is 483 g/mol. The van der Waals surface area contributed by atoms with E-state index in [-0.39, 0.29) is 44.3 Å². The van der Waals surface area contributed by atoms with E-state index in [1.54, 1.807) is 0 Å². The highest BCUT2D eigenvalue weighted by Gasteiger charge is 2.61. The largest absolute Gasteiger partial charge is 0.480 e. The third kappa shape index (κ3) is 4.52. The van der Waals surface area contributed by atoms with Gasteiger partial charge in [-0.3, -0.25) is 19.2 Å². The Bertz CT molecular complexity index is 1050. The smallest absolute Gasteiger partial charge is 0.326 e. The number of carboxylic acid groups (broad SMARTS) is 1. The van der Waals surface area contributed by atoms with Gasteiger partial charge in [0, 0.05) is 38.4 Å². The van der Waals surface area contributed by atoms with Crippen LogP contribution in [0.1, 0.15) is 31.2 Å². The Labute approximate surface area is 203 Å². The number of aliphatic carboxylic acids is 1. The standard InChI is InChI=1S/C25H30N4O6/c1-2-20(31)29-13-12-27(24(35)25(29)9-10-25)18(14-16-6-4-3-5-7-16)22(32)28-11-8-17(15-19(26)30)21(28)23(33)34/h2-7,17-18,21H,1,8-15H2,(H2,26,30)(H,33,34)/t17-,18+,21+/m1/s1. The molecule has 4 rings (SSSR count). The molecule has 3 aliphatic rings. The zero-order valence-corrected chi connectivity index (χ0v) is 19.5. The molecule has 0 bridgehead atoms. The Morgan fingerprint density at radius 3 is 2.40 bits per heavy atom. The first kappa shape index (κ1) is 24.4. The molecule has 1 aromatic carbocycles. The quantitative estimate of drug-likeness (QED) is 0.506. The number of piperazine rings is 1. The van der Waals surface area contributed by atoms with Crippen LogP contribution in [0.4, 0.5) is 0 Å². The number of hydrogen-bond acceptors (Lipinski definition) is 5. The number of hydrogen-bond donors (Lipinski definition) is 2. The van der Waals surface area contributed by atoms with Gasteiger partial charge in [0.25, 0.3) is 0 Å². The van der Waals surface area contributed by atoms with Crippen molar-refractivity contribution in [3.8, 4) is 0 Å². The first-order valence-corrected chi connectivity index (χ1v) is 11.8. The van der Waals surface area contributed by atoms with Crippen LogP contribution in [0, 0.1) is 5.92 Å². The average Bonchev–Trinajstić information content (AvgIpc) is 3.51. The number of benzene rings is 1. The highest BCUT2D eigenvalue weighted by Crippen LogP contribution is 2.46. The number of carboxylic acids is 1. The fourth-order valence-electron chi connectivity index (χ4n) is 5.51. The number of carbonyl (C=O) groups is 5. The van der Waals surface area contributed by atoms with Crippen molar-refractivity contribution in [2.75, 3.05) is 19.6 Å². The maximum atomic E-state index is 13.9. The first-order valence-electron chi connectivity index (χ1n) is 11.8. The zero-order chi connectivity index (χ0) is 25.3. The van der Waals surface area contributed by atoms with Crippen LogP contribution in [0.5, 0.6) is 0 Å². The Balaban J connectivity index is 1.65. The van der Waals surface area contributed by atoms with Crippen molar-refractivity contribution in [3.63, 3.8) is 0 Å². The Morgan fingerprint density at radius 1 is 1.14 bits per heavy atom. The minimum absolute atomic E-state index is 0.130. The molecule has 1 spiro atoms. The summed E-state index contributed by atoms with van der Waals surface area (Å²) in [6.07, 6.45) is 2.63. The van der Waals surface area contributed by atoms with Gasteiger partial charge in [-0.2, -0.15) is 0 Å². The summed E-state index contributed by atoms with van der Waals surface area (Å²) < 4.78 is 0. The van der Waals surface area contributed by atoms with Gasteiger partial charge in [0.05, 0.1) is 0 Å². The molecule has 3 N–H and O–H groups in total. The summed E-state index contributed by atoms with van der Waals surface area (Å²) in [6, 6.07) is 7.09. The van der Waals surface area contributed by atoms with Crippen LogP contribution in [0.2, 0.25) is 0 Å². The summed E-state index contributed by atoms with van der Waals surface area (Å²) in [4.78, 5) is 67.9. The second kappa shape index (κ2) is 9.52. The molecular weight excluding hydrogens is 452 g/mol. The van der Waals surface area contributed by atoms with Crippen molar-refractivity contribution in [3.05, 3.63) is 48.6 Å². The molecule has 0 radical (unpaired) electrons. The molecule has 3 fully saturated rings. The molecule has 4 amide bonds. The SMILES string of the molecule is C=CC(=O)N1CCN([C@@H](Cc2ccccc2)C(=O)N2CC[C@H](CC(N)=O)[C@H]2C(=O)O)C(=O)C12CC2. The van der Waals surface area contributed by atoms with Gasteiger partial charge in [-0.15, -0.1) is 0 Å². The minimum Gasteiger partial charge on any atom is -0.480 e. The number of nitrogens with zero attached hydrogens (tertiary/aromatic N) is 3. The van der Waals surface area contributed by atoms with Crippen molar-refractivity contribution in [1.29, 1.82) is 0 Å². The number of rotatable bonds is 8. The molecule has 186 valence electrons. The fraction of sp³-hybridized carbons (Fsp3) is 0.480. The summed E-state index contributed by atoms with van der Waals surface area (Å²) in [5, 5.41) is 9.89. The zero-order valence-electron chi connectivity index (χ0n) is 19.5. The van der Waals surface area contributed by atoms with Gasteiger partial charge in [0.2, 0.25) is 23.6 Å². The minimum atomic E-state index is -1.20. The van der Waals surface area contributed by atoms with E-state index in [2.05, 4.69) is 6.58 Å². The maximum absolute atomic E-state index is 13.9. The third-order valence-corrected chi connectivity index (χ3v) is 7.36. The van der Waals surface area contributed by atoms with Crippen molar-refractivity contribution in [1.82, 2.24) is 14.7 Å². The van der Waals surface area contributed by atoms with Crippen LogP contribution in [0.25, 0.3) is 0 Å². The molecular formula is C25H30N4O6. The summed E-state index contributed by atoms with van der Waals surface area (Å²) in [7, 11) is 0. The molecule has 35 heavy (non-hydrogen) atoms. The van der Waals surface area contributed by atoms with Crippen LogP contribution < -0.4 is 5.73 Å². The highest BCUT2D eigenvalue weighted by molar-refractivity contribution is 6.00. The highest BCUT2D eigenvalue weighted by atomic mass is 16.4. The van der Waals surface area contributed by atoms with E-state index in [9.17, 15) is 29.1 Å². The number of primary amides is 1. The lowest BCUT2D eigenvalue weighted by Gasteiger charge is -2.44. The van der Waals surface area contributed by atoms with Crippen molar-refractivity contribution < 1.29 is 29.1 Å². The number of carbonyl (C=O) groups excluding carboxylic acids is 4. The van der Waals surface area contributed by atoms with Crippen LogP contribution in [0.15, 0.2) is 43.0 Å². The first-order chi connectivity index (χ1) is 16.7. The van der Waals surface area contributed by atoms with Gasteiger partial charge in [-0.25, -0.2) is 4.79 Å². The summed E-state index contributed by atoms with van der Waals surface area (Å²) >= 11 is 0. The summed E-state index contributed by atoms with van der Waals surface area (Å²) in [5.74, 6) is -3.49. The van der Waals surface area contributed by atoms with Crippen molar-refractivity contribution in [2.24, 2.45) is 11.7 Å². The lowest BCUT2D eigenvalue weighted by atomic mass is 9.95. The lowest BCUT2D eigenvalue weighted by Crippen LogP contribution is -2.65. The van der Waals surface area contributed by atoms with E-state index in [4.69, 9.17) is 5.73 Å². The molecule has 2 saturated heterocycles. The Morgan fingerprint density at radius 2 is 1.83 bits per heavy atom. The number of nitrogens with two attached hydrogens (primary N) is 1. The van der Waals surface area contributed by atoms with E-state index in [1.165, 1.54) is 20.8 Å². The Hall–Kier alpha value is -3.69. The van der Waals surface area contributed by atoms with Gasteiger partial charge < -0.3 is 25.5 Å². The van der Waals surface area contributed by atoms with Crippen molar-refractivity contribution in [2.45, 2.75) is 49.7 Å². The van der Waals surface area contributed by atoms with Gasteiger partial charge in [0.15, 0.2) is 0 Å². The van der Waals surface area contributed by atoms with Crippen LogP contribution in [0.3, 0.4) is 0 Å². The van der Waals surface area contributed by atoms with Crippen molar-refractivity contribution >= 4 is 29.6 Å². The molecule has 0 unspecified atom stereocenters. The molecule has 2 heterocycles. The van der Waals surface area contributed by atoms with Gasteiger partial charge >= 0.3 is 5.97 Å². The molecule has 1 saturated carbocycles. The fourth-order valence-corrected chi connectivity index (χ4v) is 5.51. The molecule has 1 aromatic rings. The van der Waals surface area contributed by atoms with Crippen LogP contribution >= 0.6 is 0 Å². The topological polar surface area (TPSA) is 141 Å². The van der Waals surface area contributed by atoms with Gasteiger partial charge in [-0.1, -0.05) is 36.9 Å². The monoisotopic (exact) mass is 482 g/mol. The van der Waals surface area contributed by atoms with Gasteiger partial charge in [-0.05, 0) is 30.9 Å². The van der Waals surface area contributed by atoms with Crippen LogP contribution in [-0.4, -0.2) is 86.7 Å². The number of amides is 4. The van der Waals surface area contributed by atoms with Crippen LogP contribution in [-0.2, 0) is 30.4 Å². The molecule has 0 aromatic heterocycles. The predicted molar refractivity (Wildman–Crippen MR) is 125 cm³/mol. The second-order valence-electron chi connectivity index (χ2n) is 9.46. The van der Waals surface area contributed by atoms with Gasteiger partial charge in [0.1, 0.15) is 17.6 Å². The molecule has 10 heteroatoms. The van der Waals surface area contributed by atoms with E-state index in [1.807, 2.05) is 30.3 Å². The lowest BCUT2D eigenvalue weighted by molar-refractivity contribution is -0.160. The Kier molecular flexibility index (Phi) is 6.64. The molecule has 2 aliphatic heterocycles. The normalized spacial score (nSPS) is 23.8. The molecule has 3 atom stereocenters. The summed E-state index contributed by atoms with van der Waals surface area (Å²) in [5.41, 5.74) is 5.17. The van der Waals surface area contributed by atoms with E-state index in [0.29, 0.717) is 19.3 Å². The molecule has 10 nitrogen and oxygen atoms in total. The maximum Gasteiger partial charge on any atom is 0.326 e. The number of likely N-dealkylation sites (tertiary alicyclic amines) is 1. The van der Waals surface area contributed by atoms with E-state index >= 15 is 0 Å². The third-order valence-electron chi connectivity index (χ3n) is 7.36. The molecule has 1 aliphatic carbocycles. The van der Waals surface area contributed by atoms with E-state index < -0.39 is 41.3 Å². The second-order valence-corrected chi connectivity index (χ2v) is 9.46.